The fourth-order valence-electron chi connectivity index (χ4n) is 2.49. The van der Waals surface area contributed by atoms with Gasteiger partial charge < -0.3 is 9.64 Å². The highest BCUT2D eigenvalue weighted by molar-refractivity contribution is 5.76. The van der Waals surface area contributed by atoms with E-state index in [0.717, 1.165) is 17.7 Å². The lowest BCUT2D eigenvalue weighted by molar-refractivity contribution is -0.150. The predicted octanol–water partition coefficient (Wildman–Crippen LogP) is 1.59. The minimum atomic E-state index is -0.470. The molecule has 5 heteroatoms. The molecule has 1 aliphatic rings. The number of amides is 1. The van der Waals surface area contributed by atoms with Crippen LogP contribution in [0.2, 0.25) is 0 Å². The summed E-state index contributed by atoms with van der Waals surface area (Å²) in [5.74, 6) is 0.212. The molecule has 1 N–H and O–H groups in total. The van der Waals surface area contributed by atoms with Crippen LogP contribution in [-0.4, -0.2) is 40.7 Å². The van der Waals surface area contributed by atoms with Crippen molar-refractivity contribution in [1.82, 2.24) is 15.1 Å². The van der Waals surface area contributed by atoms with Crippen molar-refractivity contribution in [1.29, 1.82) is 0 Å². The zero-order chi connectivity index (χ0) is 13.2. The van der Waals surface area contributed by atoms with Gasteiger partial charge in [0.1, 0.15) is 5.60 Å². The quantitative estimate of drug-likeness (QED) is 0.887. The number of carbonyl (C=O) groups excluding carboxylic acids is 1. The van der Waals surface area contributed by atoms with Crippen LogP contribution >= 0.6 is 0 Å². The van der Waals surface area contributed by atoms with Gasteiger partial charge in [-0.25, -0.2) is 0 Å². The molecule has 1 aromatic heterocycles. The molecule has 0 saturated carbocycles. The summed E-state index contributed by atoms with van der Waals surface area (Å²) in [6.07, 6.45) is 3.28. The summed E-state index contributed by atoms with van der Waals surface area (Å²) in [5.41, 5.74) is 1.57. The molecular weight excluding hydrogens is 230 g/mol. The van der Waals surface area contributed by atoms with Crippen LogP contribution in [0, 0.1) is 6.92 Å². The Kier molecular flexibility index (Phi) is 3.71. The van der Waals surface area contributed by atoms with E-state index in [1.807, 2.05) is 25.7 Å². The number of nitrogens with one attached hydrogen (secondary N) is 1. The zero-order valence-corrected chi connectivity index (χ0v) is 11.3. The Morgan fingerprint density at radius 3 is 3.06 bits per heavy atom. The lowest BCUT2D eigenvalue weighted by atomic mass is 9.96. The number of H-pyrrole nitrogens is 1. The van der Waals surface area contributed by atoms with E-state index in [9.17, 15) is 4.79 Å². The molecule has 0 spiro atoms. The molecule has 2 rings (SSSR count). The summed E-state index contributed by atoms with van der Waals surface area (Å²) >= 11 is 0. The number of rotatable bonds is 3. The van der Waals surface area contributed by atoms with Crippen LogP contribution in [-0.2, 0) is 15.1 Å². The van der Waals surface area contributed by atoms with Gasteiger partial charge in [0.2, 0.25) is 5.91 Å². The van der Waals surface area contributed by atoms with Crippen LogP contribution in [0.15, 0.2) is 6.20 Å². The highest BCUT2D eigenvalue weighted by Gasteiger charge is 2.37. The largest absolute Gasteiger partial charge is 0.365 e. The van der Waals surface area contributed by atoms with Gasteiger partial charge in [-0.3, -0.25) is 9.89 Å². The van der Waals surface area contributed by atoms with Crippen molar-refractivity contribution in [3.8, 4) is 0 Å². The number of hydrogen-bond acceptors (Lipinski definition) is 3. The summed E-state index contributed by atoms with van der Waals surface area (Å²) < 4.78 is 5.88. The molecule has 1 atom stereocenters. The minimum absolute atomic E-state index is 0.212. The smallest absolute Gasteiger partial charge is 0.222 e. The molecule has 100 valence electrons. The standard InChI is InChI=1S/C13H21N3O2/c1-4-5-11(17)16-6-7-18-13(3,9-16)12-10(2)8-14-15-12/h8H,4-7,9H2,1-3H3,(H,14,15)/t13-/m0/s1. The van der Waals surface area contributed by atoms with Gasteiger partial charge in [-0.2, -0.15) is 5.10 Å². The summed E-state index contributed by atoms with van der Waals surface area (Å²) in [7, 11) is 0. The van der Waals surface area contributed by atoms with Crippen molar-refractivity contribution in [2.75, 3.05) is 19.7 Å². The average Bonchev–Trinajstić information content (AvgIpc) is 2.76. The van der Waals surface area contributed by atoms with E-state index in [1.54, 1.807) is 6.20 Å². The molecule has 1 fully saturated rings. The van der Waals surface area contributed by atoms with E-state index in [1.165, 1.54) is 0 Å². The Hall–Kier alpha value is -1.36. The Balaban J connectivity index is 2.15. The molecule has 5 nitrogen and oxygen atoms in total. The molecular formula is C13H21N3O2. The number of aromatic amines is 1. The third-order valence-corrected chi connectivity index (χ3v) is 3.45. The van der Waals surface area contributed by atoms with Crippen LogP contribution in [0.1, 0.15) is 37.9 Å². The number of nitrogens with zero attached hydrogens (tertiary/aromatic N) is 2. The van der Waals surface area contributed by atoms with E-state index in [4.69, 9.17) is 4.74 Å². The number of carbonyl (C=O) groups is 1. The number of morpholine rings is 1. The van der Waals surface area contributed by atoms with Gasteiger partial charge in [0, 0.05) is 13.0 Å². The normalized spacial score (nSPS) is 24.3. The highest BCUT2D eigenvalue weighted by atomic mass is 16.5. The molecule has 1 aliphatic heterocycles. The molecule has 1 aromatic rings. The van der Waals surface area contributed by atoms with Crippen LogP contribution in [0.5, 0.6) is 0 Å². The fraction of sp³-hybridized carbons (Fsp3) is 0.692. The van der Waals surface area contributed by atoms with Gasteiger partial charge in [-0.15, -0.1) is 0 Å². The van der Waals surface area contributed by atoms with Gasteiger partial charge in [-0.1, -0.05) is 6.92 Å². The fourth-order valence-corrected chi connectivity index (χ4v) is 2.49. The van der Waals surface area contributed by atoms with Crippen LogP contribution in [0.3, 0.4) is 0 Å². The number of aromatic nitrogens is 2. The summed E-state index contributed by atoms with van der Waals surface area (Å²) in [6.45, 7) is 7.89. The van der Waals surface area contributed by atoms with Crippen molar-refractivity contribution in [3.05, 3.63) is 17.5 Å². The molecule has 1 amide bonds. The Labute approximate surface area is 108 Å². The lowest BCUT2D eigenvalue weighted by Gasteiger charge is -2.40. The highest BCUT2D eigenvalue weighted by Crippen LogP contribution is 2.30. The first kappa shape index (κ1) is 13.1. The second-order valence-electron chi connectivity index (χ2n) is 5.07. The van der Waals surface area contributed by atoms with E-state index in [2.05, 4.69) is 10.2 Å². The van der Waals surface area contributed by atoms with Gasteiger partial charge in [0.05, 0.1) is 25.0 Å². The molecule has 0 aliphatic carbocycles. The van der Waals surface area contributed by atoms with Crippen molar-refractivity contribution in [2.45, 2.75) is 39.2 Å². The van der Waals surface area contributed by atoms with Gasteiger partial charge in [0.25, 0.3) is 0 Å². The summed E-state index contributed by atoms with van der Waals surface area (Å²) in [6, 6.07) is 0. The van der Waals surface area contributed by atoms with Gasteiger partial charge >= 0.3 is 0 Å². The SMILES string of the molecule is CCCC(=O)N1CCO[C@](C)(c2[nH]ncc2C)C1. The molecule has 18 heavy (non-hydrogen) atoms. The number of hydrogen-bond donors (Lipinski definition) is 1. The molecule has 0 radical (unpaired) electrons. The first-order valence-corrected chi connectivity index (χ1v) is 6.49. The van der Waals surface area contributed by atoms with E-state index >= 15 is 0 Å². The van der Waals surface area contributed by atoms with Crippen LogP contribution < -0.4 is 0 Å². The summed E-state index contributed by atoms with van der Waals surface area (Å²) in [4.78, 5) is 13.9. The lowest BCUT2D eigenvalue weighted by Crippen LogP contribution is -2.50. The monoisotopic (exact) mass is 251 g/mol. The van der Waals surface area contributed by atoms with Crippen molar-refractivity contribution in [2.24, 2.45) is 0 Å². The molecule has 1 saturated heterocycles. The Bertz CT molecular complexity index is 430. The average molecular weight is 251 g/mol. The predicted molar refractivity (Wildman–Crippen MR) is 68.1 cm³/mol. The maximum Gasteiger partial charge on any atom is 0.222 e. The number of aryl methyl sites for hydroxylation is 1. The van der Waals surface area contributed by atoms with Crippen LogP contribution in [0.4, 0.5) is 0 Å². The maximum absolute atomic E-state index is 12.0. The zero-order valence-electron chi connectivity index (χ0n) is 11.3. The van der Waals surface area contributed by atoms with E-state index in [0.29, 0.717) is 26.1 Å². The van der Waals surface area contributed by atoms with Crippen LogP contribution in [0.25, 0.3) is 0 Å². The van der Waals surface area contributed by atoms with Crippen molar-refractivity contribution >= 4 is 5.91 Å². The van der Waals surface area contributed by atoms with Crippen molar-refractivity contribution in [3.63, 3.8) is 0 Å². The maximum atomic E-state index is 12.0. The second kappa shape index (κ2) is 5.10. The first-order valence-electron chi connectivity index (χ1n) is 6.49. The third-order valence-electron chi connectivity index (χ3n) is 3.45. The second-order valence-corrected chi connectivity index (χ2v) is 5.07. The molecule has 0 unspecified atom stereocenters. The molecule has 0 aromatic carbocycles. The third kappa shape index (κ3) is 2.41. The summed E-state index contributed by atoms with van der Waals surface area (Å²) in [5, 5.41) is 7.03. The van der Waals surface area contributed by atoms with Crippen molar-refractivity contribution < 1.29 is 9.53 Å². The first-order chi connectivity index (χ1) is 8.57. The van der Waals surface area contributed by atoms with E-state index in [-0.39, 0.29) is 5.91 Å². The number of ether oxygens (including phenoxy) is 1. The van der Waals surface area contributed by atoms with Gasteiger partial charge in [0.15, 0.2) is 0 Å². The van der Waals surface area contributed by atoms with E-state index < -0.39 is 5.60 Å². The molecule has 2 heterocycles. The minimum Gasteiger partial charge on any atom is -0.365 e. The van der Waals surface area contributed by atoms with Gasteiger partial charge in [-0.05, 0) is 25.8 Å². The Morgan fingerprint density at radius 2 is 2.44 bits per heavy atom. The topological polar surface area (TPSA) is 58.2 Å². The Morgan fingerprint density at radius 1 is 1.67 bits per heavy atom. The molecule has 0 bridgehead atoms.